The van der Waals surface area contributed by atoms with Gasteiger partial charge in [-0.1, -0.05) is 36.5 Å². The monoisotopic (exact) mass is 301 g/mol. The Balaban J connectivity index is 2.30. The lowest BCUT2D eigenvalue weighted by atomic mass is 9.97. The number of nitrogens with zero attached hydrogens (tertiary/aromatic N) is 1. The molecule has 0 bridgehead atoms. The summed E-state index contributed by atoms with van der Waals surface area (Å²) in [6.45, 7) is 0.768. The molecule has 0 amide bonds. The van der Waals surface area contributed by atoms with Gasteiger partial charge in [-0.25, -0.2) is 0 Å². The highest BCUT2D eigenvalue weighted by Crippen LogP contribution is 2.24. The Morgan fingerprint density at radius 1 is 1.38 bits per heavy atom. The Bertz CT molecular complexity index is 630. The molecule has 0 N–H and O–H groups in total. The summed E-state index contributed by atoms with van der Waals surface area (Å²) in [5.41, 5.74) is 2.31. The second-order valence-electron chi connectivity index (χ2n) is 5.27. The van der Waals surface area contributed by atoms with E-state index < -0.39 is 0 Å². The minimum Gasteiger partial charge on any atom is -0.496 e. The van der Waals surface area contributed by atoms with E-state index in [9.17, 15) is 4.79 Å². The molecule has 0 saturated heterocycles. The van der Waals surface area contributed by atoms with Gasteiger partial charge in [0.1, 0.15) is 5.75 Å². The smallest absolute Gasteiger partial charge is 0.193 e. The third kappa shape index (κ3) is 3.86. The van der Waals surface area contributed by atoms with Crippen LogP contribution in [-0.2, 0) is 6.54 Å². The second-order valence-corrected chi connectivity index (χ2v) is 5.79. The molecule has 0 saturated carbocycles. The van der Waals surface area contributed by atoms with Crippen molar-refractivity contribution in [2.24, 2.45) is 0 Å². The van der Waals surface area contributed by atoms with Crippen LogP contribution in [0.4, 0.5) is 0 Å². The number of ketones is 1. The summed E-state index contributed by atoms with van der Waals surface area (Å²) in [6.07, 6.45) is 6.26. The molecule has 0 atom stereocenters. The minimum atomic E-state index is -0.0250. The van der Waals surface area contributed by atoms with Gasteiger partial charge >= 0.3 is 0 Å². The van der Waals surface area contributed by atoms with E-state index in [1.807, 2.05) is 38.4 Å². The number of hydrogen-bond donors (Lipinski definition) is 0. The van der Waals surface area contributed by atoms with E-state index in [2.05, 4.69) is 4.90 Å². The van der Waals surface area contributed by atoms with Gasteiger partial charge < -0.3 is 9.64 Å². The van der Waals surface area contributed by atoms with E-state index >= 15 is 0 Å². The summed E-state index contributed by atoms with van der Waals surface area (Å²) < 4.78 is 5.40. The van der Waals surface area contributed by atoms with E-state index in [-0.39, 0.29) is 5.78 Å². The van der Waals surface area contributed by atoms with Crippen molar-refractivity contribution in [1.82, 2.24) is 4.90 Å². The molecule has 0 aliphatic heterocycles. The maximum Gasteiger partial charge on any atom is 0.193 e. The van der Waals surface area contributed by atoms with Crippen LogP contribution in [-0.4, -0.2) is 36.8 Å². The first-order valence-corrected chi connectivity index (χ1v) is 7.19. The third-order valence-corrected chi connectivity index (χ3v) is 3.52. The number of allylic oxidation sites excluding steroid dienone is 4. The zero-order chi connectivity index (χ0) is 15.4. The van der Waals surface area contributed by atoms with Gasteiger partial charge in [0.15, 0.2) is 5.78 Å². The number of carbonyl (C=O) groups is 1. The summed E-state index contributed by atoms with van der Waals surface area (Å²) in [5.74, 6) is 0.709. The normalized spacial score (nSPS) is 14.3. The van der Waals surface area contributed by atoms with Gasteiger partial charge in [-0.15, -0.1) is 0 Å². The van der Waals surface area contributed by atoms with Crippen LogP contribution < -0.4 is 4.74 Å². The van der Waals surface area contributed by atoms with Crippen LogP contribution >= 0.6 is 12.2 Å². The summed E-state index contributed by atoms with van der Waals surface area (Å²) in [6, 6.07) is 5.58. The van der Waals surface area contributed by atoms with Gasteiger partial charge in [0.05, 0.1) is 7.11 Å². The number of benzene rings is 1. The minimum absolute atomic E-state index is 0.0250. The lowest BCUT2D eigenvalue weighted by Crippen LogP contribution is -2.12. The van der Waals surface area contributed by atoms with E-state index in [1.54, 1.807) is 19.3 Å². The Hall–Kier alpha value is -1.78. The number of hydrogen-bond acceptors (Lipinski definition) is 4. The van der Waals surface area contributed by atoms with E-state index in [4.69, 9.17) is 17.0 Å². The maximum absolute atomic E-state index is 12.5. The first kappa shape index (κ1) is 15.6. The largest absolute Gasteiger partial charge is 0.496 e. The Morgan fingerprint density at radius 2 is 2.14 bits per heavy atom. The highest BCUT2D eigenvalue weighted by Gasteiger charge is 2.15. The highest BCUT2D eigenvalue weighted by atomic mass is 32.1. The summed E-state index contributed by atoms with van der Waals surface area (Å²) >= 11 is 5.16. The average molecular weight is 301 g/mol. The zero-order valence-electron chi connectivity index (χ0n) is 12.6. The number of carbonyl (C=O) groups excluding carboxylic acids is 1. The van der Waals surface area contributed by atoms with Crippen molar-refractivity contribution in [3.05, 3.63) is 53.1 Å². The van der Waals surface area contributed by atoms with Gasteiger partial charge in [-0.3, -0.25) is 4.79 Å². The Kier molecular flexibility index (Phi) is 5.04. The SMILES string of the molecule is COc1cc(C(=O)C2=CC(=S)CC=C2)ccc1CN(C)C. The van der Waals surface area contributed by atoms with Crippen molar-refractivity contribution < 1.29 is 9.53 Å². The molecule has 0 fully saturated rings. The number of ether oxygens (including phenoxy) is 1. The number of rotatable bonds is 5. The highest BCUT2D eigenvalue weighted by molar-refractivity contribution is 7.80. The van der Waals surface area contributed by atoms with Gasteiger partial charge in [0, 0.05) is 34.5 Å². The standard InChI is InChI=1S/C17H19NO2S/c1-18(2)11-14-8-7-13(10-16(14)20-3)17(19)12-5-4-6-15(21)9-12/h4-5,7-10H,6,11H2,1-3H3. The molecule has 0 radical (unpaired) electrons. The molecule has 2 rings (SSSR count). The topological polar surface area (TPSA) is 29.5 Å². The zero-order valence-corrected chi connectivity index (χ0v) is 13.4. The van der Waals surface area contributed by atoms with Crippen molar-refractivity contribution in [3.63, 3.8) is 0 Å². The molecule has 1 aliphatic rings. The average Bonchev–Trinajstić information content (AvgIpc) is 2.46. The first-order valence-electron chi connectivity index (χ1n) is 6.78. The second kappa shape index (κ2) is 6.78. The molecule has 110 valence electrons. The van der Waals surface area contributed by atoms with Crippen LogP contribution in [0.5, 0.6) is 5.75 Å². The number of Topliss-reactive ketones (excluding diaryl/α,β-unsaturated/α-hetero) is 1. The fraction of sp³-hybridized carbons (Fsp3) is 0.294. The van der Waals surface area contributed by atoms with Crippen LogP contribution in [0.25, 0.3) is 0 Å². The van der Waals surface area contributed by atoms with Gasteiger partial charge in [-0.2, -0.15) is 0 Å². The molecule has 4 heteroatoms. The van der Waals surface area contributed by atoms with E-state index in [0.29, 0.717) is 11.1 Å². The molecular weight excluding hydrogens is 282 g/mol. The van der Waals surface area contributed by atoms with Crippen LogP contribution in [0.1, 0.15) is 22.3 Å². The predicted octanol–water partition coefficient (Wildman–Crippen LogP) is 3.20. The van der Waals surface area contributed by atoms with Crippen molar-refractivity contribution in [2.45, 2.75) is 13.0 Å². The summed E-state index contributed by atoms with van der Waals surface area (Å²) in [7, 11) is 5.62. The van der Waals surface area contributed by atoms with Crippen LogP contribution in [0.2, 0.25) is 0 Å². The molecule has 1 aliphatic carbocycles. The lowest BCUT2D eigenvalue weighted by Gasteiger charge is -2.15. The molecule has 0 heterocycles. The molecular formula is C17H19NO2S. The molecule has 0 spiro atoms. The van der Waals surface area contributed by atoms with Crippen LogP contribution in [0.15, 0.2) is 42.0 Å². The maximum atomic E-state index is 12.5. The Labute approximate surface area is 130 Å². The van der Waals surface area contributed by atoms with Crippen LogP contribution in [0.3, 0.4) is 0 Å². The van der Waals surface area contributed by atoms with Crippen molar-refractivity contribution in [3.8, 4) is 5.75 Å². The Morgan fingerprint density at radius 3 is 2.76 bits per heavy atom. The predicted molar refractivity (Wildman–Crippen MR) is 89.2 cm³/mol. The van der Waals surface area contributed by atoms with E-state index in [1.165, 1.54) is 0 Å². The fourth-order valence-corrected chi connectivity index (χ4v) is 2.47. The van der Waals surface area contributed by atoms with Crippen molar-refractivity contribution in [1.29, 1.82) is 0 Å². The molecule has 0 unspecified atom stereocenters. The molecule has 0 aromatic heterocycles. The molecule has 1 aromatic rings. The number of methoxy groups -OCH3 is 1. The number of thiocarbonyl (C=S) groups is 1. The fourth-order valence-electron chi connectivity index (χ4n) is 2.25. The van der Waals surface area contributed by atoms with Crippen molar-refractivity contribution >= 4 is 22.9 Å². The van der Waals surface area contributed by atoms with E-state index in [0.717, 1.165) is 29.1 Å². The van der Waals surface area contributed by atoms with Gasteiger partial charge in [0.25, 0.3) is 0 Å². The van der Waals surface area contributed by atoms with Gasteiger partial charge in [0.2, 0.25) is 0 Å². The molecule has 3 nitrogen and oxygen atoms in total. The molecule has 1 aromatic carbocycles. The van der Waals surface area contributed by atoms with Gasteiger partial charge in [-0.05, 0) is 26.2 Å². The molecule has 21 heavy (non-hydrogen) atoms. The third-order valence-electron chi connectivity index (χ3n) is 3.23. The quantitative estimate of drug-likeness (QED) is 0.617. The lowest BCUT2D eigenvalue weighted by molar-refractivity contribution is 0.103. The summed E-state index contributed by atoms with van der Waals surface area (Å²) in [4.78, 5) is 15.4. The van der Waals surface area contributed by atoms with Crippen molar-refractivity contribution in [2.75, 3.05) is 21.2 Å². The van der Waals surface area contributed by atoms with Crippen LogP contribution in [0, 0.1) is 0 Å². The first-order chi connectivity index (χ1) is 10.0. The summed E-state index contributed by atoms with van der Waals surface area (Å²) in [5, 5.41) is 0.